The lowest BCUT2D eigenvalue weighted by molar-refractivity contribution is -0.115. The van der Waals surface area contributed by atoms with E-state index < -0.39 is 9.84 Å². The summed E-state index contributed by atoms with van der Waals surface area (Å²) in [5.41, 5.74) is 3.70. The second-order valence-electron chi connectivity index (χ2n) is 6.57. The Morgan fingerprint density at radius 3 is 2.81 bits per heavy atom. The normalized spacial score (nSPS) is 13.4. The molecule has 27 heavy (non-hydrogen) atoms. The maximum absolute atomic E-state index is 11.8. The number of nitrogens with zero attached hydrogens (tertiary/aromatic N) is 2. The fraction of sp³-hybridized carbons (Fsp3) is 0.211. The van der Waals surface area contributed by atoms with Crippen LogP contribution in [-0.4, -0.2) is 37.1 Å². The van der Waals surface area contributed by atoms with Gasteiger partial charge in [0.05, 0.1) is 16.8 Å². The molecule has 2 N–H and O–H groups in total. The van der Waals surface area contributed by atoms with Crippen molar-refractivity contribution in [3.63, 3.8) is 0 Å². The number of carbonyl (C=O) groups excluding carboxylic acids is 1. The fourth-order valence-corrected chi connectivity index (χ4v) is 3.82. The van der Waals surface area contributed by atoms with Crippen molar-refractivity contribution in [3.05, 3.63) is 53.9 Å². The van der Waals surface area contributed by atoms with Gasteiger partial charge in [0.1, 0.15) is 12.1 Å². The van der Waals surface area contributed by atoms with Crippen LogP contribution in [-0.2, 0) is 27.5 Å². The molecule has 0 bridgehead atoms. The van der Waals surface area contributed by atoms with Crippen molar-refractivity contribution in [3.8, 4) is 0 Å². The predicted octanol–water partition coefficient (Wildman–Crippen LogP) is 2.18. The number of aromatic nitrogens is 2. The Morgan fingerprint density at radius 2 is 2.00 bits per heavy atom. The van der Waals surface area contributed by atoms with Crippen molar-refractivity contribution in [2.24, 2.45) is 0 Å². The fourth-order valence-electron chi connectivity index (χ4n) is 3.17. The van der Waals surface area contributed by atoms with E-state index in [1.807, 2.05) is 18.2 Å². The standard InChI is InChI=1S/C19H18N4O3S/c1-27(25,26)14-3-5-17-15(10-14)19(22-11-21-17)20-7-6-12-2-4-16-13(8-12)9-18(24)23-16/h2-5,8,10-11H,6-7,9H2,1H3,(H,23,24)(H,20,21,22). The number of rotatable bonds is 5. The highest BCUT2D eigenvalue weighted by atomic mass is 32.2. The summed E-state index contributed by atoms with van der Waals surface area (Å²) in [5, 5.41) is 6.76. The topological polar surface area (TPSA) is 101 Å². The average molecular weight is 382 g/mol. The number of carbonyl (C=O) groups is 1. The zero-order valence-corrected chi connectivity index (χ0v) is 15.5. The molecule has 1 aliphatic rings. The van der Waals surface area contributed by atoms with Crippen LogP contribution in [0.15, 0.2) is 47.6 Å². The van der Waals surface area contributed by atoms with Crippen LogP contribution < -0.4 is 10.6 Å². The zero-order valence-electron chi connectivity index (χ0n) is 14.7. The minimum atomic E-state index is -3.30. The molecule has 7 nitrogen and oxygen atoms in total. The van der Waals surface area contributed by atoms with Gasteiger partial charge in [0.25, 0.3) is 0 Å². The third kappa shape index (κ3) is 3.61. The van der Waals surface area contributed by atoms with Gasteiger partial charge in [-0.25, -0.2) is 18.4 Å². The van der Waals surface area contributed by atoms with E-state index in [-0.39, 0.29) is 10.8 Å². The van der Waals surface area contributed by atoms with Gasteiger partial charge in [-0.15, -0.1) is 0 Å². The van der Waals surface area contributed by atoms with Crippen LogP contribution in [0.25, 0.3) is 10.9 Å². The van der Waals surface area contributed by atoms with Crippen molar-refractivity contribution in [1.82, 2.24) is 9.97 Å². The quantitative estimate of drug-likeness (QED) is 0.701. The second kappa shape index (κ2) is 6.62. The molecule has 1 amide bonds. The molecular formula is C19H18N4O3S. The third-order valence-electron chi connectivity index (χ3n) is 4.54. The van der Waals surface area contributed by atoms with Crippen molar-refractivity contribution >= 4 is 38.2 Å². The summed E-state index contributed by atoms with van der Waals surface area (Å²) in [6, 6.07) is 10.8. The lowest BCUT2D eigenvalue weighted by atomic mass is 10.1. The summed E-state index contributed by atoms with van der Waals surface area (Å²) in [6.07, 6.45) is 3.80. The zero-order chi connectivity index (χ0) is 19.0. The van der Waals surface area contributed by atoms with Crippen molar-refractivity contribution in [2.75, 3.05) is 23.4 Å². The van der Waals surface area contributed by atoms with Gasteiger partial charge in [0.2, 0.25) is 5.91 Å². The highest BCUT2D eigenvalue weighted by Crippen LogP contribution is 2.25. The maximum Gasteiger partial charge on any atom is 0.228 e. The van der Waals surface area contributed by atoms with Crippen molar-refractivity contribution in [2.45, 2.75) is 17.7 Å². The molecule has 3 aromatic rings. The Balaban J connectivity index is 1.52. The number of amides is 1. The van der Waals surface area contributed by atoms with E-state index in [0.717, 1.165) is 23.2 Å². The van der Waals surface area contributed by atoms with Crippen molar-refractivity contribution in [1.29, 1.82) is 0 Å². The van der Waals surface area contributed by atoms with Gasteiger partial charge in [0.15, 0.2) is 9.84 Å². The summed E-state index contributed by atoms with van der Waals surface area (Å²) in [7, 11) is -3.30. The average Bonchev–Trinajstić information content (AvgIpc) is 3.00. The molecule has 0 fully saturated rings. The molecule has 0 unspecified atom stereocenters. The SMILES string of the molecule is CS(=O)(=O)c1ccc2ncnc(NCCc3ccc4c(c3)CC(=O)N4)c2c1. The first kappa shape index (κ1) is 17.4. The number of hydrogen-bond donors (Lipinski definition) is 2. The molecule has 0 spiro atoms. The first-order valence-corrected chi connectivity index (χ1v) is 10.4. The number of nitrogens with one attached hydrogen (secondary N) is 2. The van der Waals surface area contributed by atoms with E-state index in [9.17, 15) is 13.2 Å². The Morgan fingerprint density at radius 1 is 1.15 bits per heavy atom. The van der Waals surface area contributed by atoms with Gasteiger partial charge >= 0.3 is 0 Å². The van der Waals surface area contributed by atoms with E-state index in [2.05, 4.69) is 20.6 Å². The van der Waals surface area contributed by atoms with Crippen LogP contribution >= 0.6 is 0 Å². The molecule has 4 rings (SSSR count). The van der Waals surface area contributed by atoms with Crippen LogP contribution in [0.2, 0.25) is 0 Å². The molecular weight excluding hydrogens is 364 g/mol. The van der Waals surface area contributed by atoms with Gasteiger partial charge in [0, 0.05) is 23.9 Å². The minimum Gasteiger partial charge on any atom is -0.369 e. The molecule has 1 aromatic heterocycles. The van der Waals surface area contributed by atoms with Gasteiger partial charge < -0.3 is 10.6 Å². The first-order valence-electron chi connectivity index (χ1n) is 8.50. The molecule has 8 heteroatoms. The number of benzene rings is 2. The summed E-state index contributed by atoms with van der Waals surface area (Å²) in [6.45, 7) is 0.620. The number of sulfone groups is 1. The number of hydrogen-bond acceptors (Lipinski definition) is 6. The molecule has 138 valence electrons. The summed E-state index contributed by atoms with van der Waals surface area (Å²) < 4.78 is 23.6. The Kier molecular flexibility index (Phi) is 4.27. The second-order valence-corrected chi connectivity index (χ2v) is 8.58. The Hall–Kier alpha value is -3.00. The lowest BCUT2D eigenvalue weighted by Crippen LogP contribution is -2.07. The molecule has 2 heterocycles. The molecule has 0 aliphatic carbocycles. The highest BCUT2D eigenvalue weighted by Gasteiger charge is 2.17. The van der Waals surface area contributed by atoms with E-state index in [4.69, 9.17) is 0 Å². The Bertz CT molecular complexity index is 1160. The summed E-state index contributed by atoms with van der Waals surface area (Å²) in [5.74, 6) is 0.623. The van der Waals surface area contributed by atoms with E-state index >= 15 is 0 Å². The summed E-state index contributed by atoms with van der Waals surface area (Å²) >= 11 is 0. The van der Waals surface area contributed by atoms with Crippen LogP contribution in [0, 0.1) is 0 Å². The van der Waals surface area contributed by atoms with Gasteiger partial charge in [-0.3, -0.25) is 4.79 Å². The van der Waals surface area contributed by atoms with Crippen LogP contribution in [0.5, 0.6) is 0 Å². The monoisotopic (exact) mass is 382 g/mol. The number of fused-ring (bicyclic) bond motifs is 2. The molecule has 2 aromatic carbocycles. The van der Waals surface area contributed by atoms with Crippen LogP contribution in [0.4, 0.5) is 11.5 Å². The van der Waals surface area contributed by atoms with Crippen LogP contribution in [0.3, 0.4) is 0 Å². The van der Waals surface area contributed by atoms with Crippen molar-refractivity contribution < 1.29 is 13.2 Å². The molecule has 0 saturated carbocycles. The molecule has 1 aliphatic heterocycles. The van der Waals surface area contributed by atoms with Gasteiger partial charge in [-0.2, -0.15) is 0 Å². The molecule has 0 saturated heterocycles. The van der Waals surface area contributed by atoms with Crippen LogP contribution in [0.1, 0.15) is 11.1 Å². The largest absolute Gasteiger partial charge is 0.369 e. The Labute approximate surface area is 156 Å². The van der Waals surface area contributed by atoms with Gasteiger partial charge in [-0.05, 0) is 41.8 Å². The van der Waals surface area contributed by atoms with E-state index in [1.165, 1.54) is 12.6 Å². The highest BCUT2D eigenvalue weighted by molar-refractivity contribution is 7.90. The van der Waals surface area contributed by atoms with E-state index in [1.54, 1.807) is 18.2 Å². The smallest absolute Gasteiger partial charge is 0.228 e. The number of anilines is 2. The molecule has 0 radical (unpaired) electrons. The lowest BCUT2D eigenvalue weighted by Gasteiger charge is -2.10. The van der Waals surface area contributed by atoms with E-state index in [0.29, 0.717) is 29.7 Å². The predicted molar refractivity (Wildman–Crippen MR) is 104 cm³/mol. The maximum atomic E-state index is 11.8. The minimum absolute atomic E-state index is 0.0226. The third-order valence-corrected chi connectivity index (χ3v) is 5.65. The van der Waals surface area contributed by atoms with Gasteiger partial charge in [-0.1, -0.05) is 12.1 Å². The summed E-state index contributed by atoms with van der Waals surface area (Å²) in [4.78, 5) is 20.1. The molecule has 0 atom stereocenters. The first-order chi connectivity index (χ1) is 12.9.